The topological polar surface area (TPSA) is 55.4 Å². The third kappa shape index (κ3) is 10.1. The summed E-state index contributed by atoms with van der Waals surface area (Å²) in [7, 11) is 0. The first kappa shape index (κ1) is 35.0. The van der Waals surface area contributed by atoms with E-state index in [2.05, 4.69) is 54.5 Å². The summed E-state index contributed by atoms with van der Waals surface area (Å²) in [6.07, 6.45) is 8.60. The number of terminal acetylenes is 1. The normalized spacial score (nSPS) is 23.4. The summed E-state index contributed by atoms with van der Waals surface area (Å²) >= 11 is 0. The van der Waals surface area contributed by atoms with E-state index in [1.165, 1.54) is 6.42 Å². The quantitative estimate of drug-likeness (QED) is 0.113. The predicted molar refractivity (Wildman–Crippen MR) is 190 cm³/mol. The van der Waals surface area contributed by atoms with Gasteiger partial charge in [0.2, 0.25) is 0 Å². The van der Waals surface area contributed by atoms with Crippen molar-refractivity contribution in [3.63, 3.8) is 0 Å². The van der Waals surface area contributed by atoms with Gasteiger partial charge < -0.3 is 28.4 Å². The molecule has 4 aromatic rings. The molecule has 5 atom stereocenters. The van der Waals surface area contributed by atoms with E-state index in [-0.39, 0.29) is 6.61 Å². The van der Waals surface area contributed by atoms with Crippen LogP contribution in [0.25, 0.3) is 0 Å². The van der Waals surface area contributed by atoms with Crippen LogP contribution in [0.3, 0.4) is 0 Å². The van der Waals surface area contributed by atoms with Crippen LogP contribution in [0, 0.1) is 12.3 Å². The highest BCUT2D eigenvalue weighted by atomic mass is 16.7. The van der Waals surface area contributed by atoms with Crippen molar-refractivity contribution in [2.45, 2.75) is 101 Å². The van der Waals surface area contributed by atoms with E-state index in [9.17, 15) is 0 Å². The molecule has 0 bridgehead atoms. The number of ether oxygens (including phenoxy) is 6. The van der Waals surface area contributed by atoms with Crippen LogP contribution in [0.15, 0.2) is 121 Å². The fourth-order valence-corrected chi connectivity index (χ4v) is 6.81. The zero-order valence-electron chi connectivity index (χ0n) is 28.2. The molecule has 0 spiro atoms. The minimum absolute atomic E-state index is 0.285. The number of hydrogen-bond acceptors (Lipinski definition) is 6. The molecule has 1 saturated carbocycles. The Morgan fingerprint density at radius 3 is 1.51 bits per heavy atom. The lowest BCUT2D eigenvalue weighted by Crippen LogP contribution is -2.63. The average Bonchev–Trinajstić information content (AvgIpc) is 3.15. The molecule has 6 nitrogen and oxygen atoms in total. The summed E-state index contributed by atoms with van der Waals surface area (Å²) in [5.41, 5.74) is 3.76. The van der Waals surface area contributed by atoms with Crippen LogP contribution in [0.5, 0.6) is 0 Å². The Kier molecular flexibility index (Phi) is 13.1. The predicted octanol–water partition coefficient (Wildman–Crippen LogP) is 8.43. The van der Waals surface area contributed by atoms with Gasteiger partial charge in [-0.05, 0) is 35.1 Å². The number of benzene rings is 4. The van der Waals surface area contributed by atoms with Gasteiger partial charge in [0, 0.05) is 6.42 Å². The summed E-state index contributed by atoms with van der Waals surface area (Å²) < 4.78 is 40.8. The smallest absolute Gasteiger partial charge is 0.187 e. The second-order valence-electron chi connectivity index (χ2n) is 13.1. The van der Waals surface area contributed by atoms with Gasteiger partial charge in [0.15, 0.2) is 6.29 Å². The Hall–Kier alpha value is -3.80. The summed E-state index contributed by atoms with van der Waals surface area (Å²) in [6.45, 7) is 1.85. The largest absolute Gasteiger partial charge is 0.374 e. The Balaban J connectivity index is 1.33. The third-order valence-electron chi connectivity index (χ3n) is 9.40. The van der Waals surface area contributed by atoms with Gasteiger partial charge in [-0.3, -0.25) is 0 Å². The molecule has 2 fully saturated rings. The number of hydrogen-bond donors (Lipinski definition) is 0. The van der Waals surface area contributed by atoms with Crippen LogP contribution < -0.4 is 0 Å². The lowest BCUT2D eigenvalue weighted by atomic mass is 9.82. The molecule has 1 aliphatic heterocycles. The van der Waals surface area contributed by atoms with Crippen LogP contribution in [-0.4, -0.2) is 42.9 Å². The maximum atomic E-state index is 7.07. The van der Waals surface area contributed by atoms with E-state index in [1.54, 1.807) is 0 Å². The maximum Gasteiger partial charge on any atom is 0.187 e. The molecule has 1 saturated heterocycles. The molecular weight excluding hydrogens is 612 g/mol. The van der Waals surface area contributed by atoms with Gasteiger partial charge in [0.1, 0.15) is 24.4 Å². The molecule has 6 heteroatoms. The highest BCUT2D eigenvalue weighted by Gasteiger charge is 2.51. The van der Waals surface area contributed by atoms with Crippen molar-refractivity contribution in [3.8, 4) is 12.3 Å². The average molecular weight is 661 g/mol. The Bertz CT molecular complexity index is 1540. The molecule has 0 aromatic heterocycles. The van der Waals surface area contributed by atoms with Crippen molar-refractivity contribution in [1.82, 2.24) is 0 Å². The van der Waals surface area contributed by atoms with Gasteiger partial charge in [0.05, 0.1) is 38.6 Å². The van der Waals surface area contributed by atoms with Crippen LogP contribution in [0.1, 0.15) is 60.8 Å². The summed E-state index contributed by atoms with van der Waals surface area (Å²) in [4.78, 5) is 0. The molecule has 256 valence electrons. The summed E-state index contributed by atoms with van der Waals surface area (Å²) in [5, 5.41) is 0. The second kappa shape index (κ2) is 18.3. The standard InChI is InChI=1S/C43H48O6/c1-2-26-43(27-16-7-17-28-43)49-42-41(47-32-37-24-14-6-15-25-37)40(46-31-36-22-12-5-13-23-36)39(45-30-35-20-10-4-11-21-35)38(48-42)33-44-29-34-18-8-3-9-19-34/h1,3-6,8-15,18-25,38-42H,7,16-17,26-33H2/t38-,39-,40+,41-,42-/m1/s1. The minimum atomic E-state index is -0.752. The first-order valence-electron chi connectivity index (χ1n) is 17.6. The van der Waals surface area contributed by atoms with Gasteiger partial charge in [-0.1, -0.05) is 141 Å². The molecule has 0 radical (unpaired) electrons. The van der Waals surface area contributed by atoms with E-state index in [1.807, 2.05) is 72.8 Å². The Morgan fingerprint density at radius 1 is 0.571 bits per heavy atom. The Morgan fingerprint density at radius 2 is 1.02 bits per heavy atom. The van der Waals surface area contributed by atoms with E-state index < -0.39 is 36.3 Å². The van der Waals surface area contributed by atoms with Gasteiger partial charge in [-0.25, -0.2) is 0 Å². The first-order valence-corrected chi connectivity index (χ1v) is 17.6. The van der Waals surface area contributed by atoms with Gasteiger partial charge in [-0.15, -0.1) is 12.3 Å². The minimum Gasteiger partial charge on any atom is -0.374 e. The zero-order valence-corrected chi connectivity index (χ0v) is 28.2. The molecule has 49 heavy (non-hydrogen) atoms. The highest BCUT2D eigenvalue weighted by molar-refractivity contribution is 5.16. The molecule has 4 aromatic carbocycles. The molecule has 0 N–H and O–H groups in total. The highest BCUT2D eigenvalue weighted by Crippen LogP contribution is 2.40. The lowest BCUT2D eigenvalue weighted by molar-refractivity contribution is -0.350. The SMILES string of the molecule is C#CCC1(O[C@H]2O[C@H](COCc3ccccc3)[C@@H](OCc3ccccc3)[C@H](OCc3ccccc3)[C@H]2OCc2ccccc2)CCCCC1. The fraction of sp³-hybridized carbons (Fsp3) is 0.395. The van der Waals surface area contributed by atoms with E-state index in [0.717, 1.165) is 47.9 Å². The van der Waals surface area contributed by atoms with Crippen molar-refractivity contribution in [2.24, 2.45) is 0 Å². The van der Waals surface area contributed by atoms with Crippen molar-refractivity contribution < 1.29 is 28.4 Å². The van der Waals surface area contributed by atoms with Crippen LogP contribution in [0.4, 0.5) is 0 Å². The molecular formula is C43H48O6. The van der Waals surface area contributed by atoms with Gasteiger partial charge in [-0.2, -0.15) is 0 Å². The maximum absolute atomic E-state index is 7.07. The van der Waals surface area contributed by atoms with Crippen LogP contribution in [-0.2, 0) is 54.8 Å². The van der Waals surface area contributed by atoms with Crippen molar-refractivity contribution in [1.29, 1.82) is 0 Å². The van der Waals surface area contributed by atoms with Crippen LogP contribution in [0.2, 0.25) is 0 Å². The van der Waals surface area contributed by atoms with E-state index in [4.69, 9.17) is 34.8 Å². The Labute approximate surface area is 291 Å². The molecule has 2 aliphatic rings. The van der Waals surface area contributed by atoms with Crippen molar-refractivity contribution >= 4 is 0 Å². The summed E-state index contributed by atoms with van der Waals surface area (Å²) in [5.74, 6) is 2.91. The molecule has 0 amide bonds. The first-order chi connectivity index (χ1) is 24.2. The van der Waals surface area contributed by atoms with Crippen molar-refractivity contribution in [2.75, 3.05) is 6.61 Å². The van der Waals surface area contributed by atoms with Gasteiger partial charge >= 0.3 is 0 Å². The number of rotatable bonds is 16. The molecule has 0 unspecified atom stereocenters. The van der Waals surface area contributed by atoms with Crippen LogP contribution >= 0.6 is 0 Å². The molecule has 6 rings (SSSR count). The van der Waals surface area contributed by atoms with Gasteiger partial charge in [0.25, 0.3) is 0 Å². The monoisotopic (exact) mass is 660 g/mol. The van der Waals surface area contributed by atoms with Crippen molar-refractivity contribution in [3.05, 3.63) is 144 Å². The molecule has 1 aliphatic carbocycles. The van der Waals surface area contributed by atoms with E-state index in [0.29, 0.717) is 32.8 Å². The molecule has 1 heterocycles. The lowest BCUT2D eigenvalue weighted by Gasteiger charge is -2.49. The third-order valence-corrected chi connectivity index (χ3v) is 9.40. The second-order valence-corrected chi connectivity index (χ2v) is 13.1. The fourth-order valence-electron chi connectivity index (χ4n) is 6.81. The summed E-state index contributed by atoms with van der Waals surface area (Å²) in [6, 6.07) is 40.7. The van der Waals surface area contributed by atoms with E-state index >= 15 is 0 Å². The zero-order chi connectivity index (χ0) is 33.6.